The van der Waals surface area contributed by atoms with Crippen LogP contribution in [0.3, 0.4) is 0 Å². The molecular formula is C55H94O7. The van der Waals surface area contributed by atoms with Crippen molar-refractivity contribution in [3.63, 3.8) is 0 Å². The van der Waals surface area contributed by atoms with E-state index in [9.17, 15) is 20.1 Å². The smallest absolute Gasteiger partial charge is 0.305 e. The minimum atomic E-state index is -1.44. The van der Waals surface area contributed by atoms with Crippen molar-refractivity contribution in [2.24, 2.45) is 46.3 Å². The van der Waals surface area contributed by atoms with Gasteiger partial charge in [0, 0.05) is 6.42 Å². The van der Waals surface area contributed by atoms with Gasteiger partial charge in [-0.25, -0.2) is 0 Å². The Hall–Kier alpha value is -1.51. The van der Waals surface area contributed by atoms with E-state index in [2.05, 4.69) is 71.9 Å². The van der Waals surface area contributed by atoms with E-state index in [4.69, 9.17) is 14.2 Å². The van der Waals surface area contributed by atoms with Crippen LogP contribution >= 0.6 is 0 Å². The number of aliphatic hydroxyl groups is 3. The molecule has 13 atom stereocenters. The van der Waals surface area contributed by atoms with E-state index < -0.39 is 30.7 Å². The highest BCUT2D eigenvalue weighted by Crippen LogP contribution is 2.67. The summed E-state index contributed by atoms with van der Waals surface area (Å²) in [5.74, 6) is 4.43. The van der Waals surface area contributed by atoms with E-state index in [0.717, 1.165) is 81.0 Å². The van der Waals surface area contributed by atoms with Crippen molar-refractivity contribution in [2.45, 2.75) is 252 Å². The molecule has 3 saturated carbocycles. The summed E-state index contributed by atoms with van der Waals surface area (Å²) < 4.78 is 18.0. The highest BCUT2D eigenvalue weighted by atomic mass is 16.7. The fraction of sp³-hybridized carbons (Fsp3) is 0.873. The van der Waals surface area contributed by atoms with Gasteiger partial charge in [-0.3, -0.25) is 4.79 Å². The van der Waals surface area contributed by atoms with Gasteiger partial charge in [-0.15, -0.1) is 0 Å². The molecule has 0 amide bonds. The number of carbonyl (C=O) groups is 1. The van der Waals surface area contributed by atoms with E-state index >= 15 is 0 Å². The van der Waals surface area contributed by atoms with Gasteiger partial charge in [-0.2, -0.15) is 0 Å². The molecule has 356 valence electrons. The molecular weight excluding hydrogens is 773 g/mol. The summed E-state index contributed by atoms with van der Waals surface area (Å²) >= 11 is 0. The SMILES string of the molecule is CCCCC/C=C\C/C=C\CCCCCCCCCCCC(=O)OC[C@H]1O[C@@H](O[C@H]2CC[C@@]3(C)C(=CC[C@H]4[C@@H]5CC[C@H]([C@H](C)CCCC(C)C)[C@@]5(C)CC[C@@H]43)C2)[C@H](O)[C@@H](O)[C@@H]1O. The van der Waals surface area contributed by atoms with E-state index in [0.29, 0.717) is 17.8 Å². The first kappa shape index (κ1) is 51.5. The number of esters is 1. The van der Waals surface area contributed by atoms with Crippen LogP contribution in [0.25, 0.3) is 0 Å². The molecule has 1 saturated heterocycles. The van der Waals surface area contributed by atoms with Gasteiger partial charge in [0.15, 0.2) is 6.29 Å². The lowest BCUT2D eigenvalue weighted by Gasteiger charge is -2.58. The fourth-order valence-electron chi connectivity index (χ4n) is 13.2. The number of aliphatic hydroxyl groups excluding tert-OH is 3. The van der Waals surface area contributed by atoms with Crippen molar-refractivity contribution in [3.05, 3.63) is 36.0 Å². The molecule has 0 spiro atoms. The molecule has 62 heavy (non-hydrogen) atoms. The summed E-state index contributed by atoms with van der Waals surface area (Å²) in [6.07, 6.45) is 37.0. The largest absolute Gasteiger partial charge is 0.463 e. The third kappa shape index (κ3) is 14.2. The van der Waals surface area contributed by atoms with Crippen molar-refractivity contribution in [3.8, 4) is 0 Å². The molecule has 3 N–H and O–H groups in total. The number of hydrogen-bond donors (Lipinski definition) is 3. The van der Waals surface area contributed by atoms with Gasteiger partial charge in [-0.1, -0.05) is 155 Å². The molecule has 0 radical (unpaired) electrons. The second-order valence-corrected chi connectivity index (χ2v) is 21.9. The first-order valence-corrected chi connectivity index (χ1v) is 26.4. The number of unbranched alkanes of at least 4 members (excludes halogenated alkanes) is 12. The first-order valence-electron chi connectivity index (χ1n) is 26.4. The van der Waals surface area contributed by atoms with Crippen LogP contribution < -0.4 is 0 Å². The molecule has 1 aliphatic heterocycles. The number of hydrogen-bond acceptors (Lipinski definition) is 7. The molecule has 0 unspecified atom stereocenters. The Balaban J connectivity index is 0.961. The lowest BCUT2D eigenvalue weighted by molar-refractivity contribution is -0.313. The lowest BCUT2D eigenvalue weighted by atomic mass is 9.47. The Morgan fingerprint density at radius 1 is 0.774 bits per heavy atom. The first-order chi connectivity index (χ1) is 29.9. The van der Waals surface area contributed by atoms with E-state index in [-0.39, 0.29) is 24.1 Å². The maximum absolute atomic E-state index is 12.6. The Labute approximate surface area is 379 Å². The molecule has 7 heteroatoms. The average Bonchev–Trinajstić information content (AvgIpc) is 3.61. The average molecular weight is 867 g/mol. The van der Waals surface area contributed by atoms with Gasteiger partial charge in [0.05, 0.1) is 6.10 Å². The van der Waals surface area contributed by atoms with Crippen LogP contribution in [-0.2, 0) is 19.0 Å². The zero-order valence-corrected chi connectivity index (χ0v) is 40.6. The maximum atomic E-state index is 12.6. The summed E-state index contributed by atoms with van der Waals surface area (Å²) in [5.41, 5.74) is 2.14. The lowest BCUT2D eigenvalue weighted by Crippen LogP contribution is -2.60. The second-order valence-electron chi connectivity index (χ2n) is 21.9. The van der Waals surface area contributed by atoms with E-state index in [1.54, 1.807) is 0 Å². The molecule has 4 fully saturated rings. The van der Waals surface area contributed by atoms with Gasteiger partial charge < -0.3 is 29.5 Å². The zero-order valence-electron chi connectivity index (χ0n) is 40.6. The molecule has 0 aromatic heterocycles. The van der Waals surface area contributed by atoms with Crippen LogP contribution in [0.4, 0.5) is 0 Å². The summed E-state index contributed by atoms with van der Waals surface area (Å²) in [4.78, 5) is 12.6. The highest BCUT2D eigenvalue weighted by molar-refractivity contribution is 5.69. The Morgan fingerprint density at radius 3 is 2.15 bits per heavy atom. The quantitative estimate of drug-likeness (QED) is 0.0429. The van der Waals surface area contributed by atoms with Gasteiger partial charge >= 0.3 is 5.97 Å². The minimum Gasteiger partial charge on any atom is -0.463 e. The van der Waals surface area contributed by atoms with E-state index in [1.165, 1.54) is 121 Å². The van der Waals surface area contributed by atoms with Crippen molar-refractivity contribution in [2.75, 3.05) is 6.61 Å². The van der Waals surface area contributed by atoms with Gasteiger partial charge in [0.1, 0.15) is 31.0 Å². The Kier molecular flexibility index (Phi) is 21.6. The van der Waals surface area contributed by atoms with Crippen LogP contribution in [0.1, 0.15) is 215 Å². The second kappa shape index (κ2) is 26.0. The van der Waals surface area contributed by atoms with Crippen LogP contribution in [0, 0.1) is 46.3 Å². The standard InChI is InChI=1S/C55H94O7/c1-7-8-9-10-11-12-13-14-15-16-17-18-19-20-21-22-23-24-25-29-49(56)60-39-48-50(57)51(58)52(59)53(62-48)61-43-34-36-54(5)42(38-43)30-31-44-46-33-32-45(41(4)28-26-27-40(2)3)55(46,6)37-35-47(44)54/h11-12,14-15,30,40-41,43-48,50-53,57-59H,7-10,13,16-29,31-39H2,1-6H3/b12-11-,15-14-/t41-,43+,44+,45-,46+,47+,48-,50-,51+,52-,53-,54+,55-/m1/s1. The molecule has 0 aromatic carbocycles. The molecule has 0 bridgehead atoms. The van der Waals surface area contributed by atoms with Crippen molar-refractivity contribution in [1.29, 1.82) is 0 Å². The summed E-state index contributed by atoms with van der Waals surface area (Å²) in [7, 11) is 0. The minimum absolute atomic E-state index is 0.141. The molecule has 5 aliphatic rings. The Morgan fingerprint density at radius 2 is 1.45 bits per heavy atom. The third-order valence-corrected chi connectivity index (χ3v) is 17.0. The predicted octanol–water partition coefficient (Wildman–Crippen LogP) is 13.1. The van der Waals surface area contributed by atoms with Gasteiger partial charge in [0.25, 0.3) is 0 Å². The number of ether oxygens (including phenoxy) is 3. The molecule has 4 aliphatic carbocycles. The van der Waals surface area contributed by atoms with Crippen LogP contribution in [0.2, 0.25) is 0 Å². The molecule has 5 rings (SSSR count). The highest BCUT2D eigenvalue weighted by Gasteiger charge is 2.59. The van der Waals surface area contributed by atoms with Crippen LogP contribution in [-0.4, -0.2) is 64.7 Å². The van der Waals surface area contributed by atoms with E-state index in [1.807, 2.05) is 0 Å². The van der Waals surface area contributed by atoms with Gasteiger partial charge in [-0.05, 0) is 136 Å². The third-order valence-electron chi connectivity index (χ3n) is 17.0. The van der Waals surface area contributed by atoms with Crippen molar-refractivity contribution in [1.82, 2.24) is 0 Å². The van der Waals surface area contributed by atoms with Gasteiger partial charge in [0.2, 0.25) is 0 Å². The summed E-state index contributed by atoms with van der Waals surface area (Å²) in [5, 5.41) is 32.5. The maximum Gasteiger partial charge on any atom is 0.305 e. The number of rotatable bonds is 27. The fourth-order valence-corrected chi connectivity index (χ4v) is 13.2. The number of fused-ring (bicyclic) bond motifs is 5. The summed E-state index contributed by atoms with van der Waals surface area (Å²) in [6.45, 7) is 14.5. The molecule has 0 aromatic rings. The van der Waals surface area contributed by atoms with Crippen molar-refractivity contribution < 1.29 is 34.3 Å². The zero-order chi connectivity index (χ0) is 44.5. The summed E-state index contributed by atoms with van der Waals surface area (Å²) in [6, 6.07) is 0. The molecule has 1 heterocycles. The Bertz CT molecular complexity index is 1390. The van der Waals surface area contributed by atoms with Crippen LogP contribution in [0.15, 0.2) is 36.0 Å². The predicted molar refractivity (Wildman–Crippen MR) is 253 cm³/mol. The number of carbonyl (C=O) groups excluding carboxylic acids is 1. The topological polar surface area (TPSA) is 105 Å². The normalized spacial score (nSPS) is 35.2. The van der Waals surface area contributed by atoms with Crippen molar-refractivity contribution >= 4 is 5.97 Å². The number of allylic oxidation sites excluding steroid dienone is 5. The molecule has 7 nitrogen and oxygen atoms in total. The van der Waals surface area contributed by atoms with Crippen LogP contribution in [0.5, 0.6) is 0 Å². The monoisotopic (exact) mass is 867 g/mol.